The highest BCUT2D eigenvalue weighted by molar-refractivity contribution is 9.10. The van der Waals surface area contributed by atoms with Gasteiger partial charge in [0.1, 0.15) is 5.75 Å². The lowest BCUT2D eigenvalue weighted by Crippen LogP contribution is -2.14. The maximum Gasteiger partial charge on any atom is 0.133 e. The third kappa shape index (κ3) is 2.77. The molecule has 1 atom stereocenters. The van der Waals surface area contributed by atoms with Crippen LogP contribution < -0.4 is 5.73 Å². The predicted molar refractivity (Wildman–Crippen MR) is 71.8 cm³/mol. The van der Waals surface area contributed by atoms with Crippen molar-refractivity contribution in [3.8, 4) is 5.75 Å². The molecule has 3 heteroatoms. The van der Waals surface area contributed by atoms with Crippen LogP contribution in [0.3, 0.4) is 0 Å². The summed E-state index contributed by atoms with van der Waals surface area (Å²) in [7, 11) is 0. The largest absolute Gasteiger partial charge is 0.506 e. The molecule has 0 aliphatic heterocycles. The SMILES string of the molecule is Cc1ccc(Br)c(O)c1C(CCN)C(C)C. The van der Waals surface area contributed by atoms with Crippen LogP contribution in [-0.4, -0.2) is 11.7 Å². The molecule has 0 aromatic heterocycles. The molecule has 3 N–H and O–H groups in total. The molecule has 1 unspecified atom stereocenters. The third-order valence-electron chi connectivity index (χ3n) is 3.04. The van der Waals surface area contributed by atoms with Crippen molar-refractivity contribution in [3.05, 3.63) is 27.7 Å². The summed E-state index contributed by atoms with van der Waals surface area (Å²) in [6, 6.07) is 3.92. The standard InChI is InChI=1S/C13H20BrNO/c1-8(2)10(6-7-15)12-9(3)4-5-11(14)13(12)16/h4-5,8,10,16H,6-7,15H2,1-3H3. The van der Waals surface area contributed by atoms with E-state index in [4.69, 9.17) is 5.73 Å². The van der Waals surface area contributed by atoms with E-state index >= 15 is 0 Å². The van der Waals surface area contributed by atoms with Gasteiger partial charge in [-0.05, 0) is 59.3 Å². The lowest BCUT2D eigenvalue weighted by atomic mass is 9.83. The monoisotopic (exact) mass is 285 g/mol. The molecule has 1 rings (SSSR count). The van der Waals surface area contributed by atoms with Gasteiger partial charge in [0.15, 0.2) is 0 Å². The molecule has 0 spiro atoms. The lowest BCUT2D eigenvalue weighted by Gasteiger charge is -2.24. The second kappa shape index (κ2) is 5.69. The maximum absolute atomic E-state index is 10.1. The molecule has 0 saturated carbocycles. The van der Waals surface area contributed by atoms with Gasteiger partial charge >= 0.3 is 0 Å². The number of hydrogen-bond acceptors (Lipinski definition) is 2. The molecule has 0 amide bonds. The topological polar surface area (TPSA) is 46.2 Å². The van der Waals surface area contributed by atoms with Gasteiger partial charge in [-0.2, -0.15) is 0 Å². The average Bonchev–Trinajstić information content (AvgIpc) is 2.22. The summed E-state index contributed by atoms with van der Waals surface area (Å²) in [6.45, 7) is 7.02. The second-order valence-corrected chi connectivity index (χ2v) is 5.41. The number of aromatic hydroxyl groups is 1. The highest BCUT2D eigenvalue weighted by atomic mass is 79.9. The fourth-order valence-electron chi connectivity index (χ4n) is 2.14. The predicted octanol–water partition coefficient (Wildman–Crippen LogP) is 3.55. The van der Waals surface area contributed by atoms with Crippen LogP contribution in [0.5, 0.6) is 5.75 Å². The molecule has 0 aliphatic carbocycles. The summed E-state index contributed by atoms with van der Waals surface area (Å²) in [5.41, 5.74) is 7.82. The van der Waals surface area contributed by atoms with Gasteiger partial charge < -0.3 is 10.8 Å². The van der Waals surface area contributed by atoms with Crippen LogP contribution in [0.25, 0.3) is 0 Å². The van der Waals surface area contributed by atoms with Crippen molar-refractivity contribution in [2.45, 2.75) is 33.1 Å². The average molecular weight is 286 g/mol. The van der Waals surface area contributed by atoms with Crippen molar-refractivity contribution in [1.82, 2.24) is 0 Å². The molecule has 0 fully saturated rings. The number of phenols is 1. The Hall–Kier alpha value is -0.540. The van der Waals surface area contributed by atoms with Gasteiger partial charge in [0.05, 0.1) is 4.47 Å². The van der Waals surface area contributed by atoms with E-state index in [1.54, 1.807) is 0 Å². The molecule has 2 nitrogen and oxygen atoms in total. The van der Waals surface area contributed by atoms with Crippen LogP contribution in [0.2, 0.25) is 0 Å². The number of rotatable bonds is 4. The number of nitrogens with two attached hydrogens (primary N) is 1. The van der Waals surface area contributed by atoms with Crippen molar-refractivity contribution in [2.75, 3.05) is 6.54 Å². The van der Waals surface area contributed by atoms with E-state index in [1.165, 1.54) is 0 Å². The zero-order valence-corrected chi connectivity index (χ0v) is 11.7. The van der Waals surface area contributed by atoms with Gasteiger partial charge in [-0.15, -0.1) is 0 Å². The smallest absolute Gasteiger partial charge is 0.133 e. The minimum absolute atomic E-state index is 0.322. The second-order valence-electron chi connectivity index (χ2n) is 4.55. The zero-order valence-electron chi connectivity index (χ0n) is 10.1. The van der Waals surface area contributed by atoms with E-state index in [-0.39, 0.29) is 0 Å². The Morgan fingerprint density at radius 2 is 2.00 bits per heavy atom. The lowest BCUT2D eigenvalue weighted by molar-refractivity contribution is 0.421. The molecule has 0 aliphatic rings. The molecule has 0 bridgehead atoms. The van der Waals surface area contributed by atoms with Crippen molar-refractivity contribution in [1.29, 1.82) is 0 Å². The normalized spacial score (nSPS) is 13.1. The van der Waals surface area contributed by atoms with Gasteiger partial charge in [0, 0.05) is 5.56 Å². The summed E-state index contributed by atoms with van der Waals surface area (Å²) >= 11 is 3.37. The summed E-state index contributed by atoms with van der Waals surface area (Å²) in [4.78, 5) is 0. The van der Waals surface area contributed by atoms with Crippen LogP contribution >= 0.6 is 15.9 Å². The first-order valence-corrected chi connectivity index (χ1v) is 6.46. The fraction of sp³-hybridized carbons (Fsp3) is 0.538. The van der Waals surface area contributed by atoms with E-state index in [0.29, 0.717) is 24.1 Å². The molecular formula is C13H20BrNO. The van der Waals surface area contributed by atoms with Gasteiger partial charge in [-0.3, -0.25) is 0 Å². The van der Waals surface area contributed by atoms with E-state index in [9.17, 15) is 5.11 Å². The first-order chi connectivity index (χ1) is 7.49. The molecule has 0 heterocycles. The van der Waals surface area contributed by atoms with Gasteiger partial charge in [-0.25, -0.2) is 0 Å². The van der Waals surface area contributed by atoms with E-state index in [1.807, 2.05) is 19.1 Å². The number of phenolic OH excluding ortho intramolecular Hbond substituents is 1. The molecule has 1 aromatic carbocycles. The quantitative estimate of drug-likeness (QED) is 0.889. The Bertz CT molecular complexity index is 363. The molecule has 1 aromatic rings. The molecule has 0 radical (unpaired) electrons. The van der Waals surface area contributed by atoms with E-state index in [2.05, 4.69) is 29.8 Å². The number of hydrogen-bond donors (Lipinski definition) is 2. The fourth-order valence-corrected chi connectivity index (χ4v) is 2.49. The van der Waals surface area contributed by atoms with Gasteiger partial charge in [-0.1, -0.05) is 19.9 Å². The minimum atomic E-state index is 0.322. The Morgan fingerprint density at radius 3 is 2.50 bits per heavy atom. The van der Waals surface area contributed by atoms with Crippen molar-refractivity contribution >= 4 is 15.9 Å². The van der Waals surface area contributed by atoms with Crippen LogP contribution in [0.15, 0.2) is 16.6 Å². The summed E-state index contributed by atoms with van der Waals surface area (Å²) < 4.78 is 0.760. The molecule has 90 valence electrons. The van der Waals surface area contributed by atoms with E-state index in [0.717, 1.165) is 22.0 Å². The number of benzene rings is 1. The van der Waals surface area contributed by atoms with Crippen LogP contribution in [0.1, 0.15) is 37.3 Å². The first kappa shape index (κ1) is 13.5. The minimum Gasteiger partial charge on any atom is -0.506 e. The summed E-state index contributed by atoms with van der Waals surface area (Å²) in [5, 5.41) is 10.1. The summed E-state index contributed by atoms with van der Waals surface area (Å²) in [6.07, 6.45) is 0.905. The van der Waals surface area contributed by atoms with Crippen LogP contribution in [0, 0.1) is 12.8 Å². The van der Waals surface area contributed by atoms with Crippen molar-refractivity contribution < 1.29 is 5.11 Å². The maximum atomic E-state index is 10.1. The van der Waals surface area contributed by atoms with Crippen molar-refractivity contribution in [2.24, 2.45) is 11.7 Å². The molecule has 16 heavy (non-hydrogen) atoms. The zero-order chi connectivity index (χ0) is 12.3. The van der Waals surface area contributed by atoms with Crippen LogP contribution in [-0.2, 0) is 0 Å². The third-order valence-corrected chi connectivity index (χ3v) is 3.68. The van der Waals surface area contributed by atoms with E-state index < -0.39 is 0 Å². The highest BCUT2D eigenvalue weighted by Crippen LogP contribution is 2.39. The molecular weight excluding hydrogens is 266 g/mol. The van der Waals surface area contributed by atoms with Crippen LogP contribution in [0.4, 0.5) is 0 Å². The number of aryl methyl sites for hydroxylation is 1. The van der Waals surface area contributed by atoms with Crippen molar-refractivity contribution in [3.63, 3.8) is 0 Å². The van der Waals surface area contributed by atoms with Gasteiger partial charge in [0.2, 0.25) is 0 Å². The highest BCUT2D eigenvalue weighted by Gasteiger charge is 2.21. The Kier molecular flexibility index (Phi) is 4.81. The number of halogens is 1. The first-order valence-electron chi connectivity index (χ1n) is 5.67. The Labute approximate surface area is 106 Å². The Morgan fingerprint density at radius 1 is 1.38 bits per heavy atom. The summed E-state index contributed by atoms with van der Waals surface area (Å²) in [5.74, 6) is 1.16. The van der Waals surface area contributed by atoms with Gasteiger partial charge in [0.25, 0.3) is 0 Å². The molecule has 0 saturated heterocycles. The Balaban J connectivity index is 3.22.